The average molecular weight is 265 g/mol. The van der Waals surface area contributed by atoms with Crippen molar-refractivity contribution >= 4 is 0 Å². The van der Waals surface area contributed by atoms with Crippen LogP contribution < -0.4 is 5.32 Å². The summed E-state index contributed by atoms with van der Waals surface area (Å²) in [5.41, 5.74) is 0.274. The molecule has 0 aliphatic carbocycles. The van der Waals surface area contributed by atoms with Gasteiger partial charge >= 0.3 is 0 Å². The molecule has 1 aliphatic heterocycles. The van der Waals surface area contributed by atoms with Gasteiger partial charge in [-0.2, -0.15) is 5.10 Å². The summed E-state index contributed by atoms with van der Waals surface area (Å²) < 4.78 is 2.03. The summed E-state index contributed by atoms with van der Waals surface area (Å²) in [4.78, 5) is 6.98. The molecule has 0 bridgehead atoms. The zero-order chi connectivity index (χ0) is 14.0. The van der Waals surface area contributed by atoms with Crippen LogP contribution in [0.25, 0.3) is 0 Å². The summed E-state index contributed by atoms with van der Waals surface area (Å²) in [5, 5.41) is 7.84. The first-order chi connectivity index (χ1) is 8.89. The first kappa shape index (κ1) is 14.5. The number of piperazine rings is 1. The molecule has 2 rings (SSSR count). The minimum absolute atomic E-state index is 0.274. The molecule has 0 aromatic carbocycles. The topological polar surface area (TPSA) is 46.0 Å². The van der Waals surface area contributed by atoms with Gasteiger partial charge in [0, 0.05) is 31.7 Å². The molecule has 1 saturated heterocycles. The molecule has 0 saturated carbocycles. The van der Waals surface area contributed by atoms with E-state index < -0.39 is 0 Å². The normalized spacial score (nSPS) is 22.1. The maximum atomic E-state index is 4.44. The van der Waals surface area contributed by atoms with Crippen molar-refractivity contribution in [2.24, 2.45) is 5.41 Å². The van der Waals surface area contributed by atoms with Gasteiger partial charge in [-0.3, -0.25) is 4.90 Å². The molecule has 1 aromatic heterocycles. The third-order valence-electron chi connectivity index (χ3n) is 3.83. The highest BCUT2D eigenvalue weighted by Gasteiger charge is 2.33. The Morgan fingerprint density at radius 3 is 2.79 bits per heavy atom. The predicted molar refractivity (Wildman–Crippen MR) is 76.9 cm³/mol. The van der Waals surface area contributed by atoms with Gasteiger partial charge < -0.3 is 5.32 Å². The number of hydrogen-bond acceptors (Lipinski definition) is 4. The van der Waals surface area contributed by atoms with Crippen LogP contribution in [0.2, 0.25) is 0 Å². The van der Waals surface area contributed by atoms with E-state index in [9.17, 15) is 0 Å². The largest absolute Gasteiger partial charge is 0.314 e. The molecule has 108 valence electrons. The van der Waals surface area contributed by atoms with Crippen molar-refractivity contribution in [3.8, 4) is 0 Å². The van der Waals surface area contributed by atoms with Crippen molar-refractivity contribution in [2.75, 3.05) is 19.6 Å². The summed E-state index contributed by atoms with van der Waals surface area (Å²) in [7, 11) is 0. The molecule has 2 heterocycles. The van der Waals surface area contributed by atoms with Crippen molar-refractivity contribution in [3.63, 3.8) is 0 Å². The van der Waals surface area contributed by atoms with E-state index in [1.165, 1.54) is 0 Å². The molecule has 19 heavy (non-hydrogen) atoms. The van der Waals surface area contributed by atoms with Crippen LogP contribution in [0.15, 0.2) is 6.33 Å². The summed E-state index contributed by atoms with van der Waals surface area (Å²) >= 11 is 0. The van der Waals surface area contributed by atoms with Gasteiger partial charge in [-0.1, -0.05) is 20.8 Å². The van der Waals surface area contributed by atoms with E-state index in [4.69, 9.17) is 0 Å². The van der Waals surface area contributed by atoms with Gasteiger partial charge in [-0.25, -0.2) is 9.67 Å². The maximum absolute atomic E-state index is 4.44. The number of rotatable bonds is 3. The lowest BCUT2D eigenvalue weighted by Crippen LogP contribution is -2.56. The fourth-order valence-corrected chi connectivity index (χ4v) is 2.79. The summed E-state index contributed by atoms with van der Waals surface area (Å²) in [6.07, 6.45) is 1.67. The Morgan fingerprint density at radius 2 is 2.16 bits per heavy atom. The van der Waals surface area contributed by atoms with Gasteiger partial charge in [0.25, 0.3) is 0 Å². The van der Waals surface area contributed by atoms with Gasteiger partial charge in [0.1, 0.15) is 12.2 Å². The predicted octanol–water partition coefficient (Wildman–Crippen LogP) is 1.68. The fraction of sp³-hybridized carbons (Fsp3) is 0.857. The summed E-state index contributed by atoms with van der Waals surface area (Å²) in [5.74, 6) is 1.08. The van der Waals surface area contributed by atoms with Gasteiger partial charge in [0.15, 0.2) is 0 Å². The zero-order valence-corrected chi connectivity index (χ0v) is 12.8. The average Bonchev–Trinajstić information content (AvgIpc) is 2.76. The van der Waals surface area contributed by atoms with Gasteiger partial charge in [-0.05, 0) is 19.3 Å². The second-order valence-corrected chi connectivity index (χ2v) is 6.77. The highest BCUT2D eigenvalue weighted by Crippen LogP contribution is 2.26. The van der Waals surface area contributed by atoms with E-state index in [0.29, 0.717) is 12.1 Å². The maximum Gasteiger partial charge on any atom is 0.141 e. The van der Waals surface area contributed by atoms with E-state index in [1.807, 2.05) is 4.68 Å². The SMILES string of the molecule is CC(C)n1ncnc1CN1CCNCC1C(C)(C)C. The number of aromatic nitrogens is 3. The molecular formula is C14H27N5. The zero-order valence-electron chi connectivity index (χ0n) is 12.8. The van der Waals surface area contributed by atoms with Gasteiger partial charge in [0.2, 0.25) is 0 Å². The fourth-order valence-electron chi connectivity index (χ4n) is 2.79. The second-order valence-electron chi connectivity index (χ2n) is 6.77. The molecule has 5 heteroatoms. The Hall–Kier alpha value is -0.940. The van der Waals surface area contributed by atoms with Crippen molar-refractivity contribution in [3.05, 3.63) is 12.2 Å². The lowest BCUT2D eigenvalue weighted by atomic mass is 9.84. The Bertz CT molecular complexity index is 404. The minimum Gasteiger partial charge on any atom is -0.314 e. The van der Waals surface area contributed by atoms with E-state index >= 15 is 0 Å². The highest BCUT2D eigenvalue weighted by molar-refractivity contribution is 4.94. The molecular weight excluding hydrogens is 238 g/mol. The van der Waals surface area contributed by atoms with Crippen LogP contribution >= 0.6 is 0 Å². The van der Waals surface area contributed by atoms with Crippen molar-refractivity contribution in [2.45, 2.75) is 53.2 Å². The molecule has 1 N–H and O–H groups in total. The third kappa shape index (κ3) is 3.34. The van der Waals surface area contributed by atoms with Crippen LogP contribution in [-0.4, -0.2) is 45.3 Å². The smallest absolute Gasteiger partial charge is 0.141 e. The van der Waals surface area contributed by atoms with Crippen LogP contribution in [-0.2, 0) is 6.54 Å². The highest BCUT2D eigenvalue weighted by atomic mass is 15.4. The standard InChI is InChI=1S/C14H27N5/c1-11(2)19-13(16-10-17-19)9-18-7-6-15-8-12(18)14(3,4)5/h10-12,15H,6-9H2,1-5H3. The molecule has 1 unspecified atom stereocenters. The molecule has 0 amide bonds. The lowest BCUT2D eigenvalue weighted by molar-refractivity contribution is 0.0651. The third-order valence-corrected chi connectivity index (χ3v) is 3.83. The van der Waals surface area contributed by atoms with Crippen LogP contribution in [0.4, 0.5) is 0 Å². The Balaban J connectivity index is 2.13. The van der Waals surface area contributed by atoms with E-state index in [-0.39, 0.29) is 5.41 Å². The Morgan fingerprint density at radius 1 is 1.42 bits per heavy atom. The van der Waals surface area contributed by atoms with Crippen LogP contribution in [0.1, 0.15) is 46.5 Å². The summed E-state index contributed by atoms with van der Waals surface area (Å²) in [6, 6.07) is 0.909. The van der Waals surface area contributed by atoms with E-state index in [1.54, 1.807) is 6.33 Å². The first-order valence-electron chi connectivity index (χ1n) is 7.22. The molecule has 0 spiro atoms. The number of nitrogens with zero attached hydrogens (tertiary/aromatic N) is 4. The number of hydrogen-bond donors (Lipinski definition) is 1. The van der Waals surface area contributed by atoms with Crippen LogP contribution in [0, 0.1) is 5.41 Å². The quantitative estimate of drug-likeness (QED) is 0.903. The lowest BCUT2D eigenvalue weighted by Gasteiger charge is -2.43. The summed E-state index contributed by atoms with van der Waals surface area (Å²) in [6.45, 7) is 15.3. The minimum atomic E-state index is 0.274. The van der Waals surface area contributed by atoms with Crippen molar-refractivity contribution in [1.29, 1.82) is 0 Å². The molecule has 0 radical (unpaired) electrons. The van der Waals surface area contributed by atoms with E-state index in [2.05, 4.69) is 54.9 Å². The molecule has 1 aromatic rings. The first-order valence-corrected chi connectivity index (χ1v) is 7.22. The van der Waals surface area contributed by atoms with Crippen molar-refractivity contribution in [1.82, 2.24) is 25.0 Å². The van der Waals surface area contributed by atoms with E-state index in [0.717, 1.165) is 32.0 Å². The monoisotopic (exact) mass is 265 g/mol. The number of nitrogens with one attached hydrogen (secondary N) is 1. The van der Waals surface area contributed by atoms with Crippen molar-refractivity contribution < 1.29 is 0 Å². The van der Waals surface area contributed by atoms with Gasteiger partial charge in [-0.15, -0.1) is 0 Å². The molecule has 1 atom stereocenters. The van der Waals surface area contributed by atoms with Gasteiger partial charge in [0.05, 0.1) is 6.54 Å². The Labute approximate surface area is 116 Å². The molecule has 5 nitrogen and oxygen atoms in total. The van der Waals surface area contributed by atoms with Crippen LogP contribution in [0.5, 0.6) is 0 Å². The second kappa shape index (κ2) is 5.59. The van der Waals surface area contributed by atoms with Crippen LogP contribution in [0.3, 0.4) is 0 Å². The Kier molecular flexibility index (Phi) is 4.26. The molecule has 1 aliphatic rings. The molecule has 1 fully saturated rings.